The van der Waals surface area contributed by atoms with Crippen molar-refractivity contribution in [1.82, 2.24) is 5.48 Å². The lowest BCUT2D eigenvalue weighted by Crippen LogP contribution is -2.51. The van der Waals surface area contributed by atoms with Gasteiger partial charge in [-0.2, -0.15) is 0 Å². The highest BCUT2D eigenvalue weighted by Crippen LogP contribution is 2.30. The van der Waals surface area contributed by atoms with Gasteiger partial charge in [-0.3, -0.25) is 10.0 Å². The molecular formula is C22H26N2O7S. The molecule has 0 radical (unpaired) electrons. The van der Waals surface area contributed by atoms with Crippen LogP contribution >= 0.6 is 0 Å². The largest absolute Gasteiger partial charge is 0.491 e. The Morgan fingerprint density at radius 3 is 2.25 bits per heavy atom. The highest BCUT2D eigenvalue weighted by atomic mass is 32.2. The standard InChI is InChI=1S/C22H26N2O7S/c1-22(21(26)23-27,32(2,28)29)14-19-13-20(24-31-19)17-5-3-15(4-6-17)16-7-9-18(10-8-16)30-12-11-25/h3-10,19,25,27H,11-14H2,1-2H3,(H,23,26). The predicted octanol–water partition coefficient (Wildman–Crippen LogP) is 1.92. The third-order valence-electron chi connectivity index (χ3n) is 5.52. The molecule has 0 saturated heterocycles. The number of hydrogen-bond donors (Lipinski definition) is 3. The highest BCUT2D eigenvalue weighted by Gasteiger charge is 2.47. The number of aliphatic hydroxyl groups excluding tert-OH is 1. The maximum Gasteiger partial charge on any atom is 0.264 e. The van der Waals surface area contributed by atoms with Crippen LogP contribution in [-0.2, 0) is 19.5 Å². The molecule has 0 fully saturated rings. The molecule has 0 saturated carbocycles. The maximum absolute atomic E-state index is 12.2. The first kappa shape index (κ1) is 23.7. The molecule has 2 aromatic carbocycles. The summed E-state index contributed by atoms with van der Waals surface area (Å²) in [4.78, 5) is 17.4. The van der Waals surface area contributed by atoms with E-state index in [-0.39, 0.29) is 19.6 Å². The fraction of sp³-hybridized carbons (Fsp3) is 0.364. The van der Waals surface area contributed by atoms with E-state index in [0.717, 1.165) is 22.9 Å². The Balaban J connectivity index is 1.67. The second-order valence-electron chi connectivity index (χ2n) is 7.79. The molecule has 2 unspecified atom stereocenters. The molecule has 1 heterocycles. The van der Waals surface area contributed by atoms with E-state index >= 15 is 0 Å². The van der Waals surface area contributed by atoms with E-state index in [2.05, 4.69) is 5.16 Å². The number of aliphatic hydroxyl groups is 1. The van der Waals surface area contributed by atoms with Crippen LogP contribution in [0.15, 0.2) is 53.7 Å². The zero-order valence-electron chi connectivity index (χ0n) is 17.8. The van der Waals surface area contributed by atoms with Gasteiger partial charge in [-0.15, -0.1) is 0 Å². The van der Waals surface area contributed by atoms with Crippen molar-refractivity contribution in [1.29, 1.82) is 0 Å². The number of benzene rings is 2. The Labute approximate surface area is 186 Å². The van der Waals surface area contributed by atoms with Crippen molar-refractivity contribution in [3.05, 3.63) is 54.1 Å². The molecule has 172 valence electrons. The van der Waals surface area contributed by atoms with Crippen molar-refractivity contribution < 1.29 is 33.1 Å². The van der Waals surface area contributed by atoms with E-state index < -0.39 is 26.6 Å². The smallest absolute Gasteiger partial charge is 0.264 e. The molecule has 1 aliphatic heterocycles. The number of hydroxylamine groups is 1. The Kier molecular flexibility index (Phi) is 7.17. The molecule has 0 aliphatic carbocycles. The number of ether oxygens (including phenoxy) is 1. The van der Waals surface area contributed by atoms with Gasteiger partial charge in [-0.05, 0) is 35.7 Å². The SMILES string of the molecule is CC(CC1CC(c2ccc(-c3ccc(OCCO)cc3)cc2)=NO1)(C(=O)NO)S(C)(=O)=O. The van der Waals surface area contributed by atoms with E-state index in [1.165, 1.54) is 12.4 Å². The molecule has 9 nitrogen and oxygen atoms in total. The van der Waals surface area contributed by atoms with E-state index in [4.69, 9.17) is 19.9 Å². The Bertz CT molecular complexity index is 1080. The number of nitrogens with one attached hydrogen (secondary N) is 1. The Hall–Kier alpha value is -2.95. The first-order chi connectivity index (χ1) is 15.2. The number of amides is 1. The van der Waals surface area contributed by atoms with Gasteiger partial charge >= 0.3 is 0 Å². The van der Waals surface area contributed by atoms with E-state index in [1.807, 2.05) is 48.5 Å². The van der Waals surface area contributed by atoms with Crippen LogP contribution in [0.2, 0.25) is 0 Å². The van der Waals surface area contributed by atoms with E-state index in [9.17, 15) is 13.2 Å². The fourth-order valence-corrected chi connectivity index (χ4v) is 4.31. The summed E-state index contributed by atoms with van der Waals surface area (Å²) >= 11 is 0. The fourth-order valence-electron chi connectivity index (χ4n) is 3.44. The van der Waals surface area contributed by atoms with Crippen LogP contribution in [-0.4, -0.2) is 60.7 Å². The van der Waals surface area contributed by atoms with Gasteiger partial charge in [0, 0.05) is 19.1 Å². The number of oxime groups is 1. The van der Waals surface area contributed by atoms with Gasteiger partial charge in [-0.25, -0.2) is 13.9 Å². The first-order valence-corrected chi connectivity index (χ1v) is 11.9. The molecule has 3 rings (SSSR count). The van der Waals surface area contributed by atoms with Gasteiger partial charge in [0.15, 0.2) is 14.6 Å². The number of sulfone groups is 1. The zero-order valence-corrected chi connectivity index (χ0v) is 18.6. The number of rotatable bonds is 9. The van der Waals surface area contributed by atoms with Crippen LogP contribution in [0.5, 0.6) is 5.75 Å². The minimum absolute atomic E-state index is 0.0419. The molecule has 0 spiro atoms. The van der Waals surface area contributed by atoms with E-state index in [0.29, 0.717) is 17.9 Å². The van der Waals surface area contributed by atoms with Crippen LogP contribution in [0.1, 0.15) is 25.3 Å². The second-order valence-corrected chi connectivity index (χ2v) is 10.2. The second kappa shape index (κ2) is 9.68. The van der Waals surface area contributed by atoms with Crippen molar-refractivity contribution in [2.75, 3.05) is 19.5 Å². The summed E-state index contributed by atoms with van der Waals surface area (Å²) in [6, 6.07) is 15.2. The monoisotopic (exact) mass is 462 g/mol. The number of carbonyl (C=O) groups excluding carboxylic acids is 1. The molecular weight excluding hydrogens is 436 g/mol. The average Bonchev–Trinajstić information content (AvgIpc) is 3.25. The lowest BCUT2D eigenvalue weighted by atomic mass is 9.95. The molecule has 2 atom stereocenters. The number of hydrogen-bond acceptors (Lipinski definition) is 8. The summed E-state index contributed by atoms with van der Waals surface area (Å²) in [6.07, 6.45) is 0.519. The number of carbonyl (C=O) groups is 1. The summed E-state index contributed by atoms with van der Waals surface area (Å²) in [5.41, 5.74) is 4.89. The summed E-state index contributed by atoms with van der Waals surface area (Å²) < 4.78 is 27.8. The Morgan fingerprint density at radius 2 is 1.72 bits per heavy atom. The third kappa shape index (κ3) is 5.09. The van der Waals surface area contributed by atoms with Crippen LogP contribution in [0.4, 0.5) is 0 Å². The maximum atomic E-state index is 12.2. The van der Waals surface area contributed by atoms with Gasteiger partial charge in [0.1, 0.15) is 18.5 Å². The highest BCUT2D eigenvalue weighted by molar-refractivity contribution is 7.92. The molecule has 0 bridgehead atoms. The molecule has 32 heavy (non-hydrogen) atoms. The third-order valence-corrected chi connectivity index (χ3v) is 7.51. The Morgan fingerprint density at radius 1 is 1.16 bits per heavy atom. The summed E-state index contributed by atoms with van der Waals surface area (Å²) in [6.45, 7) is 1.46. The zero-order chi connectivity index (χ0) is 23.4. The van der Waals surface area contributed by atoms with Crippen molar-refractivity contribution >= 4 is 21.5 Å². The molecule has 1 aliphatic rings. The normalized spacial score (nSPS) is 17.8. The molecule has 0 aromatic heterocycles. The summed E-state index contributed by atoms with van der Waals surface area (Å²) in [5.74, 6) is -0.326. The minimum Gasteiger partial charge on any atom is -0.491 e. The van der Waals surface area contributed by atoms with Crippen molar-refractivity contribution in [3.63, 3.8) is 0 Å². The molecule has 10 heteroatoms. The average molecular weight is 463 g/mol. The molecule has 1 amide bonds. The van der Waals surface area contributed by atoms with Crippen LogP contribution < -0.4 is 10.2 Å². The van der Waals surface area contributed by atoms with Crippen LogP contribution in [0.25, 0.3) is 11.1 Å². The molecule has 2 aromatic rings. The summed E-state index contributed by atoms with van der Waals surface area (Å²) in [7, 11) is -3.81. The van der Waals surface area contributed by atoms with Crippen molar-refractivity contribution in [2.24, 2.45) is 5.16 Å². The van der Waals surface area contributed by atoms with Crippen LogP contribution in [0.3, 0.4) is 0 Å². The molecule has 3 N–H and O–H groups in total. The quantitative estimate of drug-likeness (QED) is 0.383. The lowest BCUT2D eigenvalue weighted by Gasteiger charge is -2.26. The van der Waals surface area contributed by atoms with Crippen molar-refractivity contribution in [3.8, 4) is 16.9 Å². The van der Waals surface area contributed by atoms with Gasteiger partial charge < -0.3 is 14.7 Å². The lowest BCUT2D eigenvalue weighted by molar-refractivity contribution is -0.132. The van der Waals surface area contributed by atoms with Gasteiger partial charge in [0.25, 0.3) is 5.91 Å². The predicted molar refractivity (Wildman–Crippen MR) is 118 cm³/mol. The van der Waals surface area contributed by atoms with Gasteiger partial charge in [-0.1, -0.05) is 41.6 Å². The first-order valence-electron chi connectivity index (χ1n) is 9.99. The van der Waals surface area contributed by atoms with E-state index in [1.54, 1.807) is 0 Å². The summed E-state index contributed by atoms with van der Waals surface area (Å²) in [5, 5.41) is 21.9. The van der Waals surface area contributed by atoms with Gasteiger partial charge in [0.05, 0.1) is 12.3 Å². The van der Waals surface area contributed by atoms with Crippen LogP contribution in [0, 0.1) is 0 Å². The van der Waals surface area contributed by atoms with Gasteiger partial charge in [0.2, 0.25) is 0 Å². The minimum atomic E-state index is -3.81. The van der Waals surface area contributed by atoms with Crippen molar-refractivity contribution in [2.45, 2.75) is 30.6 Å². The number of nitrogens with zero attached hydrogens (tertiary/aromatic N) is 1. The topological polar surface area (TPSA) is 135 Å².